The third kappa shape index (κ3) is 4.40. The fourth-order valence-corrected chi connectivity index (χ4v) is 3.47. The van der Waals surface area contributed by atoms with E-state index in [0.717, 1.165) is 10.9 Å². The van der Waals surface area contributed by atoms with Gasteiger partial charge in [-0.3, -0.25) is 9.78 Å². The lowest BCUT2D eigenvalue weighted by Crippen LogP contribution is -2.25. The summed E-state index contributed by atoms with van der Waals surface area (Å²) in [5, 5.41) is 14.4. The van der Waals surface area contributed by atoms with Crippen LogP contribution < -0.4 is 15.0 Å². The normalized spacial score (nSPS) is 10.8. The van der Waals surface area contributed by atoms with Crippen LogP contribution in [0, 0.1) is 0 Å². The number of rotatable bonds is 7. The lowest BCUT2D eigenvalue weighted by Gasteiger charge is -2.11. The maximum absolute atomic E-state index is 12.3. The molecule has 4 aromatic rings. The third-order valence-electron chi connectivity index (χ3n) is 4.83. The van der Waals surface area contributed by atoms with Gasteiger partial charge < -0.3 is 14.6 Å². The fourth-order valence-electron chi connectivity index (χ4n) is 3.21. The zero-order chi connectivity index (χ0) is 22.7. The summed E-state index contributed by atoms with van der Waals surface area (Å²) in [6.45, 7) is 0.424. The number of carboxylic acids is 1. The van der Waals surface area contributed by atoms with E-state index in [2.05, 4.69) is 10.1 Å². The van der Waals surface area contributed by atoms with Gasteiger partial charge in [0.25, 0.3) is 5.56 Å². The summed E-state index contributed by atoms with van der Waals surface area (Å²) in [7, 11) is 1.59. The van der Waals surface area contributed by atoms with Gasteiger partial charge in [-0.25, -0.2) is 9.48 Å². The first-order valence-electron chi connectivity index (χ1n) is 9.63. The highest BCUT2D eigenvalue weighted by Gasteiger charge is 2.11. The summed E-state index contributed by atoms with van der Waals surface area (Å²) in [5.74, 6) is 0.225. The highest BCUT2D eigenvalue weighted by Crippen LogP contribution is 2.27. The monoisotopic (exact) mass is 451 g/mol. The summed E-state index contributed by atoms with van der Waals surface area (Å²) >= 11 is 6.05. The highest BCUT2D eigenvalue weighted by atomic mass is 35.5. The first-order chi connectivity index (χ1) is 15.5. The zero-order valence-electron chi connectivity index (χ0n) is 17.0. The maximum Gasteiger partial charge on any atom is 0.337 e. The molecule has 0 aliphatic rings. The number of pyridine rings is 1. The molecule has 0 saturated carbocycles. The quantitative estimate of drug-likeness (QED) is 0.454. The number of hydrogen-bond donors (Lipinski definition) is 1. The number of aromatic nitrogens is 3. The summed E-state index contributed by atoms with van der Waals surface area (Å²) in [4.78, 5) is 27.7. The zero-order valence-corrected chi connectivity index (χ0v) is 17.7. The molecule has 0 amide bonds. The van der Waals surface area contributed by atoms with Gasteiger partial charge in [0.1, 0.15) is 18.1 Å². The first-order valence-corrected chi connectivity index (χ1v) is 10.0. The van der Waals surface area contributed by atoms with E-state index in [1.165, 1.54) is 22.9 Å². The van der Waals surface area contributed by atoms with Crippen LogP contribution in [0.2, 0.25) is 5.02 Å². The van der Waals surface area contributed by atoms with Crippen LogP contribution in [0.4, 0.5) is 0 Å². The number of methoxy groups -OCH3 is 1. The van der Waals surface area contributed by atoms with Crippen molar-refractivity contribution < 1.29 is 19.4 Å². The van der Waals surface area contributed by atoms with E-state index in [9.17, 15) is 9.59 Å². The van der Waals surface area contributed by atoms with Crippen LogP contribution in [0.1, 0.15) is 10.4 Å². The molecule has 0 radical (unpaired) electrons. The van der Waals surface area contributed by atoms with Crippen LogP contribution in [0.5, 0.6) is 11.5 Å². The van der Waals surface area contributed by atoms with E-state index in [0.29, 0.717) is 22.8 Å². The molecule has 32 heavy (non-hydrogen) atoms. The van der Waals surface area contributed by atoms with Crippen molar-refractivity contribution in [3.63, 3.8) is 0 Å². The molecule has 0 spiro atoms. The SMILES string of the molecule is COc1ccc2c(OCCn3nc(-c4ccc(C(=O)O)c(Cl)c4)ccc3=O)ccnc2c1. The van der Waals surface area contributed by atoms with E-state index in [1.54, 1.807) is 31.5 Å². The van der Waals surface area contributed by atoms with Gasteiger partial charge in [-0.05, 0) is 36.4 Å². The molecule has 2 aromatic heterocycles. The number of carboxylic acid groups (broad SMARTS) is 1. The van der Waals surface area contributed by atoms with Gasteiger partial charge >= 0.3 is 5.97 Å². The molecule has 8 nitrogen and oxygen atoms in total. The van der Waals surface area contributed by atoms with Crippen LogP contribution >= 0.6 is 11.6 Å². The van der Waals surface area contributed by atoms with Crippen molar-refractivity contribution in [3.8, 4) is 22.8 Å². The van der Waals surface area contributed by atoms with E-state index >= 15 is 0 Å². The first kappa shape index (κ1) is 21.3. The molecule has 0 fully saturated rings. The van der Waals surface area contributed by atoms with Gasteiger partial charge in [-0.1, -0.05) is 17.7 Å². The van der Waals surface area contributed by atoms with Crippen LogP contribution in [0.25, 0.3) is 22.2 Å². The lowest BCUT2D eigenvalue weighted by atomic mass is 10.1. The Balaban J connectivity index is 1.52. The second-order valence-electron chi connectivity index (χ2n) is 6.82. The number of hydrogen-bond acceptors (Lipinski definition) is 6. The Hall–Kier alpha value is -3.91. The minimum atomic E-state index is -1.11. The number of ether oxygens (including phenoxy) is 2. The van der Waals surface area contributed by atoms with Gasteiger partial charge in [0, 0.05) is 29.3 Å². The Morgan fingerprint density at radius 1 is 1.12 bits per heavy atom. The number of aromatic carboxylic acids is 1. The molecule has 0 saturated heterocycles. The number of benzene rings is 2. The van der Waals surface area contributed by atoms with Crippen molar-refractivity contribution in [1.82, 2.24) is 14.8 Å². The highest BCUT2D eigenvalue weighted by molar-refractivity contribution is 6.33. The average Bonchev–Trinajstić information content (AvgIpc) is 2.79. The molecule has 1 N–H and O–H groups in total. The Bertz CT molecular complexity index is 1370. The third-order valence-corrected chi connectivity index (χ3v) is 5.15. The Morgan fingerprint density at radius 2 is 1.97 bits per heavy atom. The van der Waals surface area contributed by atoms with E-state index in [4.69, 9.17) is 26.2 Å². The summed E-state index contributed by atoms with van der Waals surface area (Å²) in [6, 6.07) is 14.7. The van der Waals surface area contributed by atoms with Gasteiger partial charge in [0.2, 0.25) is 0 Å². The molecule has 0 aliphatic heterocycles. The van der Waals surface area contributed by atoms with Crippen LogP contribution in [-0.4, -0.2) is 39.6 Å². The van der Waals surface area contributed by atoms with E-state index < -0.39 is 5.97 Å². The van der Waals surface area contributed by atoms with E-state index in [1.807, 2.05) is 18.2 Å². The number of nitrogens with zero attached hydrogens (tertiary/aromatic N) is 3. The summed E-state index contributed by atoms with van der Waals surface area (Å²) in [6.07, 6.45) is 1.65. The van der Waals surface area contributed by atoms with Crippen molar-refractivity contribution >= 4 is 28.5 Å². The summed E-state index contributed by atoms with van der Waals surface area (Å²) < 4.78 is 12.4. The van der Waals surface area contributed by atoms with E-state index in [-0.39, 0.29) is 29.3 Å². The van der Waals surface area contributed by atoms with Crippen molar-refractivity contribution in [2.75, 3.05) is 13.7 Å². The lowest BCUT2D eigenvalue weighted by molar-refractivity contribution is 0.0697. The van der Waals surface area contributed by atoms with Crippen molar-refractivity contribution in [2.45, 2.75) is 6.54 Å². The number of carbonyl (C=O) groups is 1. The molecule has 9 heteroatoms. The second kappa shape index (κ2) is 9.07. The predicted molar refractivity (Wildman–Crippen MR) is 120 cm³/mol. The van der Waals surface area contributed by atoms with Gasteiger partial charge in [-0.2, -0.15) is 5.10 Å². The minimum absolute atomic E-state index is 0.000615. The smallest absolute Gasteiger partial charge is 0.337 e. The Labute approximate surface area is 187 Å². The standard InChI is InChI=1S/C23H18ClN3O5/c1-31-15-3-5-17-20(13-15)25-9-8-21(17)32-11-10-27-22(28)7-6-19(26-27)14-2-4-16(23(29)30)18(24)12-14/h2-9,12-13H,10-11H2,1H3,(H,29,30). The molecular formula is C23H18ClN3O5. The second-order valence-corrected chi connectivity index (χ2v) is 7.23. The Morgan fingerprint density at radius 3 is 2.72 bits per heavy atom. The predicted octanol–water partition coefficient (Wildman–Crippen LogP) is 3.90. The molecule has 0 unspecified atom stereocenters. The molecule has 4 rings (SSSR count). The van der Waals surface area contributed by atoms with Crippen molar-refractivity contribution in [3.05, 3.63) is 81.7 Å². The Kier molecular flexibility index (Phi) is 6.04. The number of fused-ring (bicyclic) bond motifs is 1. The van der Waals surface area contributed by atoms with Gasteiger partial charge in [0.05, 0.1) is 35.5 Å². The average molecular weight is 452 g/mol. The molecule has 2 aromatic carbocycles. The van der Waals surface area contributed by atoms with Crippen molar-refractivity contribution in [1.29, 1.82) is 0 Å². The van der Waals surface area contributed by atoms with Crippen LogP contribution in [0.15, 0.2) is 65.6 Å². The molecule has 162 valence electrons. The van der Waals surface area contributed by atoms with Gasteiger partial charge in [-0.15, -0.1) is 0 Å². The minimum Gasteiger partial charge on any atom is -0.497 e. The molecule has 0 aliphatic carbocycles. The largest absolute Gasteiger partial charge is 0.497 e. The van der Waals surface area contributed by atoms with Crippen molar-refractivity contribution in [2.24, 2.45) is 0 Å². The topological polar surface area (TPSA) is 104 Å². The molecule has 0 atom stereocenters. The molecule has 0 bridgehead atoms. The van der Waals surface area contributed by atoms with Gasteiger partial charge in [0.15, 0.2) is 0 Å². The maximum atomic E-state index is 12.3. The van der Waals surface area contributed by atoms with Crippen LogP contribution in [0.3, 0.4) is 0 Å². The molecular weight excluding hydrogens is 434 g/mol. The number of halogens is 1. The molecule has 2 heterocycles. The van der Waals surface area contributed by atoms with Crippen LogP contribution in [-0.2, 0) is 6.54 Å². The summed E-state index contributed by atoms with van der Waals surface area (Å²) in [5.41, 5.74) is 1.55. The fraction of sp³-hybridized carbons (Fsp3) is 0.130.